The average Bonchev–Trinajstić information content (AvgIpc) is 3.30. The van der Waals surface area contributed by atoms with Crippen LogP contribution in [-0.4, -0.2) is 27.1 Å². The Bertz CT molecular complexity index is 1280. The molecule has 1 aromatic heterocycles. The van der Waals surface area contributed by atoms with Gasteiger partial charge >= 0.3 is 5.97 Å². The number of carboxylic acids is 1. The maximum atomic E-state index is 14.1. The van der Waals surface area contributed by atoms with Crippen LogP contribution < -0.4 is 0 Å². The lowest BCUT2D eigenvalue weighted by molar-refractivity contribution is -0.123. The van der Waals surface area contributed by atoms with Crippen LogP contribution in [0, 0.1) is 5.82 Å². The lowest BCUT2D eigenvalue weighted by atomic mass is 10.1. The third kappa shape index (κ3) is 4.29. The van der Waals surface area contributed by atoms with E-state index < -0.39 is 22.9 Å². The van der Waals surface area contributed by atoms with Crippen molar-refractivity contribution in [2.45, 2.75) is 6.54 Å². The Hall–Kier alpha value is -3.07. The van der Waals surface area contributed by atoms with E-state index in [1.807, 2.05) is 0 Å². The van der Waals surface area contributed by atoms with Crippen molar-refractivity contribution in [1.29, 1.82) is 0 Å². The Kier molecular flexibility index (Phi) is 6.10. The predicted octanol–water partition coefficient (Wildman–Crippen LogP) is 6.33. The molecule has 1 N–H and O–H groups in total. The third-order valence-electron chi connectivity index (χ3n) is 4.63. The van der Waals surface area contributed by atoms with Crippen molar-refractivity contribution < 1.29 is 28.3 Å². The van der Waals surface area contributed by atoms with Gasteiger partial charge in [0, 0.05) is 22.2 Å². The minimum Gasteiger partial charge on any atom is -0.478 e. The highest BCUT2D eigenvalue weighted by Crippen LogP contribution is 2.35. The molecule has 162 valence electrons. The largest absolute Gasteiger partial charge is 0.478 e. The number of imide groups is 1. The first kappa shape index (κ1) is 22.1. The average molecular weight is 492 g/mol. The van der Waals surface area contributed by atoms with Crippen LogP contribution in [0.3, 0.4) is 0 Å². The van der Waals surface area contributed by atoms with Gasteiger partial charge in [0.1, 0.15) is 17.3 Å². The third-order valence-corrected chi connectivity index (χ3v) is 6.22. The van der Waals surface area contributed by atoms with Gasteiger partial charge in [-0.05, 0) is 54.2 Å². The maximum Gasteiger partial charge on any atom is 0.337 e. The van der Waals surface area contributed by atoms with E-state index in [0.29, 0.717) is 23.1 Å². The predicted molar refractivity (Wildman–Crippen MR) is 119 cm³/mol. The highest BCUT2D eigenvalue weighted by molar-refractivity contribution is 8.18. The molecule has 1 saturated heterocycles. The summed E-state index contributed by atoms with van der Waals surface area (Å²) in [6.07, 6.45) is 1.39. The molecule has 4 rings (SSSR count). The molecule has 0 bridgehead atoms. The lowest BCUT2D eigenvalue weighted by Gasteiger charge is -2.14. The Labute approximate surface area is 195 Å². The number of carboxylic acid groups (broad SMARTS) is 1. The maximum absolute atomic E-state index is 14.1. The van der Waals surface area contributed by atoms with Crippen molar-refractivity contribution in [3.63, 3.8) is 0 Å². The summed E-state index contributed by atoms with van der Waals surface area (Å²) in [6, 6.07) is 11.7. The summed E-state index contributed by atoms with van der Waals surface area (Å²) in [7, 11) is 0. The summed E-state index contributed by atoms with van der Waals surface area (Å²) >= 11 is 12.6. The van der Waals surface area contributed by atoms with Crippen LogP contribution >= 0.6 is 35.0 Å². The van der Waals surface area contributed by atoms with Crippen molar-refractivity contribution in [2.75, 3.05) is 0 Å². The molecule has 3 aromatic rings. The molecule has 0 aliphatic carbocycles. The number of hydrogen-bond acceptors (Lipinski definition) is 5. The molecule has 2 amide bonds. The second-order valence-electron chi connectivity index (χ2n) is 6.67. The van der Waals surface area contributed by atoms with E-state index in [1.165, 1.54) is 36.4 Å². The van der Waals surface area contributed by atoms with Gasteiger partial charge in [0.2, 0.25) is 0 Å². The van der Waals surface area contributed by atoms with Gasteiger partial charge in [-0.3, -0.25) is 14.5 Å². The topological polar surface area (TPSA) is 87.8 Å². The first-order valence-corrected chi connectivity index (χ1v) is 10.6. The van der Waals surface area contributed by atoms with Gasteiger partial charge in [-0.1, -0.05) is 29.3 Å². The highest BCUT2D eigenvalue weighted by Gasteiger charge is 2.36. The summed E-state index contributed by atoms with van der Waals surface area (Å²) in [4.78, 5) is 37.3. The number of carbonyl (C=O) groups excluding carboxylic acids is 2. The number of hydrogen-bond donors (Lipinski definition) is 1. The van der Waals surface area contributed by atoms with E-state index >= 15 is 0 Å². The molecule has 0 unspecified atom stereocenters. The number of amides is 2. The molecule has 1 fully saturated rings. The summed E-state index contributed by atoms with van der Waals surface area (Å²) in [5.74, 6) is -1.75. The van der Waals surface area contributed by atoms with E-state index in [1.54, 1.807) is 18.2 Å². The van der Waals surface area contributed by atoms with Crippen LogP contribution in [0.15, 0.2) is 57.9 Å². The zero-order valence-corrected chi connectivity index (χ0v) is 18.3. The molecule has 2 aromatic carbocycles. The van der Waals surface area contributed by atoms with Crippen molar-refractivity contribution in [1.82, 2.24) is 4.90 Å². The van der Waals surface area contributed by atoms with Gasteiger partial charge in [-0.25, -0.2) is 9.18 Å². The number of carbonyl (C=O) groups is 3. The summed E-state index contributed by atoms with van der Waals surface area (Å²) in [5.41, 5.74) is 0.457. The van der Waals surface area contributed by atoms with Gasteiger partial charge < -0.3 is 9.52 Å². The van der Waals surface area contributed by atoms with E-state index in [4.69, 9.17) is 27.6 Å². The Balaban J connectivity index is 1.57. The number of thioether (sulfide) groups is 1. The van der Waals surface area contributed by atoms with E-state index in [2.05, 4.69) is 0 Å². The smallest absolute Gasteiger partial charge is 0.337 e. The highest BCUT2D eigenvalue weighted by atomic mass is 35.5. The first-order valence-electron chi connectivity index (χ1n) is 9.06. The Morgan fingerprint density at radius 2 is 1.91 bits per heavy atom. The lowest BCUT2D eigenvalue weighted by Crippen LogP contribution is -2.28. The molecule has 32 heavy (non-hydrogen) atoms. The molecule has 0 radical (unpaired) electrons. The fraction of sp³-hybridized carbons (Fsp3) is 0.0455. The van der Waals surface area contributed by atoms with Crippen LogP contribution in [-0.2, 0) is 11.3 Å². The molecule has 0 atom stereocenters. The molecule has 0 saturated carbocycles. The monoisotopic (exact) mass is 491 g/mol. The SMILES string of the molecule is O=C(O)c1cc(-c2ccc(/C=C3/SC(=O)N(Cc4c(F)cccc4Cl)C3=O)o2)ccc1Cl. The fourth-order valence-electron chi connectivity index (χ4n) is 3.03. The molecule has 2 heterocycles. The molecule has 1 aliphatic heterocycles. The number of furan rings is 1. The number of benzene rings is 2. The van der Waals surface area contributed by atoms with Crippen LogP contribution in [0.25, 0.3) is 17.4 Å². The van der Waals surface area contributed by atoms with Crippen molar-refractivity contribution in [3.8, 4) is 11.3 Å². The van der Waals surface area contributed by atoms with Crippen LogP contribution in [0.1, 0.15) is 21.7 Å². The molecule has 10 heteroatoms. The second kappa shape index (κ2) is 8.82. The van der Waals surface area contributed by atoms with E-state index in [9.17, 15) is 23.9 Å². The van der Waals surface area contributed by atoms with Gasteiger partial charge in [-0.15, -0.1) is 0 Å². The molecule has 0 spiro atoms. The zero-order valence-electron chi connectivity index (χ0n) is 16.0. The number of aromatic carboxylic acids is 1. The minimum absolute atomic E-state index is 0.0509. The summed E-state index contributed by atoms with van der Waals surface area (Å²) < 4.78 is 19.7. The molecular formula is C22H12Cl2FNO5S. The van der Waals surface area contributed by atoms with Crippen molar-refractivity contribution >= 4 is 58.2 Å². The van der Waals surface area contributed by atoms with E-state index in [0.717, 1.165) is 4.90 Å². The second-order valence-corrected chi connectivity index (χ2v) is 8.48. The van der Waals surface area contributed by atoms with Crippen molar-refractivity contribution in [3.05, 3.63) is 86.2 Å². The molecule has 6 nitrogen and oxygen atoms in total. The summed E-state index contributed by atoms with van der Waals surface area (Å²) in [5, 5.41) is 8.87. The number of halogens is 3. The van der Waals surface area contributed by atoms with Crippen molar-refractivity contribution in [2.24, 2.45) is 0 Å². The van der Waals surface area contributed by atoms with E-state index in [-0.39, 0.29) is 38.4 Å². The quantitative estimate of drug-likeness (QED) is 0.419. The number of rotatable bonds is 5. The van der Waals surface area contributed by atoms with Crippen LogP contribution in [0.4, 0.5) is 9.18 Å². The minimum atomic E-state index is -1.17. The first-order chi connectivity index (χ1) is 15.2. The van der Waals surface area contributed by atoms with Crippen LogP contribution in [0.2, 0.25) is 10.0 Å². The van der Waals surface area contributed by atoms with Crippen LogP contribution in [0.5, 0.6) is 0 Å². The van der Waals surface area contributed by atoms with Gasteiger partial charge in [0.25, 0.3) is 11.1 Å². The van der Waals surface area contributed by atoms with Gasteiger partial charge in [-0.2, -0.15) is 0 Å². The fourth-order valence-corrected chi connectivity index (χ4v) is 4.27. The molecule has 1 aliphatic rings. The standard InChI is InChI=1S/C22H12Cl2FNO5S/c23-15-2-1-3-17(25)14(15)10-26-20(27)19(32-22(26)30)9-12-5-7-18(31-12)11-4-6-16(24)13(8-11)21(28)29/h1-9H,10H2,(H,28,29)/b19-9+. The normalized spacial score (nSPS) is 15.1. The Morgan fingerprint density at radius 3 is 2.62 bits per heavy atom. The van der Waals surface area contributed by atoms with Gasteiger partial charge in [0.05, 0.1) is 22.0 Å². The summed E-state index contributed by atoms with van der Waals surface area (Å²) in [6.45, 7) is -0.292. The van der Waals surface area contributed by atoms with Gasteiger partial charge in [0.15, 0.2) is 0 Å². The number of nitrogens with zero attached hydrogens (tertiary/aromatic N) is 1. The molecular weight excluding hydrogens is 480 g/mol. The Morgan fingerprint density at radius 1 is 1.12 bits per heavy atom. The zero-order chi connectivity index (χ0) is 23.0.